The van der Waals surface area contributed by atoms with Gasteiger partial charge in [-0.2, -0.15) is 12.6 Å². The molecule has 0 aromatic carbocycles. The van der Waals surface area contributed by atoms with E-state index >= 15 is 0 Å². The summed E-state index contributed by atoms with van der Waals surface area (Å²) in [5.41, 5.74) is 0. The van der Waals surface area contributed by atoms with Gasteiger partial charge in [0.15, 0.2) is 0 Å². The van der Waals surface area contributed by atoms with Crippen molar-refractivity contribution in [3.8, 4) is 0 Å². The molecule has 0 bridgehead atoms. The van der Waals surface area contributed by atoms with Gasteiger partial charge in [0.2, 0.25) is 0 Å². The molecule has 4 heteroatoms. The van der Waals surface area contributed by atoms with Gasteiger partial charge in [-0.05, 0) is 6.26 Å². The van der Waals surface area contributed by atoms with Crippen molar-refractivity contribution < 1.29 is 0 Å². The van der Waals surface area contributed by atoms with Gasteiger partial charge >= 0.3 is 0 Å². The Morgan fingerprint density at radius 1 is 1.75 bits per heavy atom. The summed E-state index contributed by atoms with van der Waals surface area (Å²) in [7, 11) is 0. The molecule has 1 saturated heterocycles. The lowest BCUT2D eigenvalue weighted by atomic mass is 10.9. The van der Waals surface area contributed by atoms with E-state index in [1.807, 2.05) is 35.3 Å². The maximum absolute atomic E-state index is 4.33. The molecule has 2 unspecified atom stereocenters. The summed E-state index contributed by atoms with van der Waals surface area (Å²) in [6.07, 6.45) is 2.15. The van der Waals surface area contributed by atoms with Gasteiger partial charge in [0.25, 0.3) is 0 Å². The Bertz CT molecular complexity index is 74.4. The molecule has 0 saturated carbocycles. The highest BCUT2D eigenvalue weighted by Crippen LogP contribution is 2.44. The fraction of sp³-hybridized carbons (Fsp3) is 1.00. The van der Waals surface area contributed by atoms with Crippen LogP contribution in [0.3, 0.4) is 0 Å². The first-order chi connectivity index (χ1) is 3.83. The van der Waals surface area contributed by atoms with Crippen LogP contribution in [-0.4, -0.2) is 20.5 Å². The first-order valence-electron chi connectivity index (χ1n) is 2.31. The maximum atomic E-state index is 4.33. The van der Waals surface area contributed by atoms with E-state index in [9.17, 15) is 0 Å². The third-order valence-electron chi connectivity index (χ3n) is 0.836. The average molecular weight is 184 g/mol. The number of hydrogen-bond acceptors (Lipinski definition) is 4. The fourth-order valence-electron chi connectivity index (χ4n) is 0.491. The number of hydrogen-bond donors (Lipinski definition) is 1. The zero-order valence-electron chi connectivity index (χ0n) is 4.53. The van der Waals surface area contributed by atoms with Crippen LogP contribution in [0.4, 0.5) is 0 Å². The van der Waals surface area contributed by atoms with Crippen molar-refractivity contribution in [2.75, 3.05) is 12.0 Å². The SMILES string of the molecule is CSC1SCC(S)S1. The van der Waals surface area contributed by atoms with Crippen molar-refractivity contribution in [1.29, 1.82) is 0 Å². The second-order valence-corrected chi connectivity index (χ2v) is 6.71. The highest BCUT2D eigenvalue weighted by atomic mass is 32.3. The number of thiol groups is 1. The first-order valence-corrected chi connectivity index (χ1v) is 6.10. The molecule has 0 radical (unpaired) electrons. The van der Waals surface area contributed by atoms with E-state index in [-0.39, 0.29) is 0 Å². The van der Waals surface area contributed by atoms with Crippen LogP contribution < -0.4 is 0 Å². The zero-order valence-corrected chi connectivity index (χ0v) is 7.88. The van der Waals surface area contributed by atoms with Gasteiger partial charge < -0.3 is 0 Å². The molecule has 0 spiro atoms. The standard InChI is InChI=1S/C4H8S4/c1-6-4-7-2-3(5)8-4/h3-5H,2H2,1H3. The van der Waals surface area contributed by atoms with Gasteiger partial charge in [0.1, 0.15) is 0 Å². The highest BCUT2D eigenvalue weighted by molar-refractivity contribution is 8.36. The molecular formula is C4H8S4. The van der Waals surface area contributed by atoms with Gasteiger partial charge in [0, 0.05) is 5.75 Å². The number of rotatable bonds is 1. The smallest absolute Gasteiger partial charge is 0.0965 e. The summed E-state index contributed by atoms with van der Waals surface area (Å²) in [6, 6.07) is 0. The average Bonchev–Trinajstić information content (AvgIpc) is 2.14. The molecule has 0 nitrogen and oxygen atoms in total. The Morgan fingerprint density at radius 3 is 2.75 bits per heavy atom. The van der Waals surface area contributed by atoms with E-state index in [2.05, 4.69) is 18.9 Å². The van der Waals surface area contributed by atoms with Crippen LogP contribution in [0.5, 0.6) is 0 Å². The first kappa shape index (κ1) is 7.51. The van der Waals surface area contributed by atoms with Crippen molar-refractivity contribution in [2.24, 2.45) is 0 Å². The van der Waals surface area contributed by atoms with Gasteiger partial charge in [-0.25, -0.2) is 0 Å². The predicted octanol–water partition coefficient (Wildman–Crippen LogP) is 2.37. The maximum Gasteiger partial charge on any atom is 0.0965 e. The fourth-order valence-corrected chi connectivity index (χ4v) is 5.32. The van der Waals surface area contributed by atoms with Crippen LogP contribution in [0.2, 0.25) is 0 Å². The van der Waals surface area contributed by atoms with E-state index in [4.69, 9.17) is 0 Å². The van der Waals surface area contributed by atoms with Crippen LogP contribution >= 0.6 is 47.9 Å². The highest BCUT2D eigenvalue weighted by Gasteiger charge is 2.21. The Balaban J connectivity index is 2.22. The van der Waals surface area contributed by atoms with E-state index in [0.717, 1.165) is 3.91 Å². The van der Waals surface area contributed by atoms with Crippen molar-refractivity contribution in [1.82, 2.24) is 0 Å². The molecular weight excluding hydrogens is 176 g/mol. The Hall–Kier alpha value is 1.40. The lowest BCUT2D eigenvalue weighted by molar-refractivity contribution is 1.49. The van der Waals surface area contributed by atoms with Gasteiger partial charge in [-0.15, -0.1) is 35.3 Å². The molecule has 1 aliphatic rings. The summed E-state index contributed by atoms with van der Waals surface area (Å²) < 4.78 is 1.33. The van der Waals surface area contributed by atoms with Gasteiger partial charge in [-0.3, -0.25) is 0 Å². The van der Waals surface area contributed by atoms with Crippen LogP contribution in [0.1, 0.15) is 0 Å². The van der Waals surface area contributed by atoms with E-state index in [1.54, 1.807) is 0 Å². The Kier molecular flexibility index (Phi) is 3.32. The molecule has 0 amide bonds. The zero-order chi connectivity index (χ0) is 5.98. The van der Waals surface area contributed by atoms with Crippen LogP contribution in [0.15, 0.2) is 0 Å². The second-order valence-electron chi connectivity index (χ2n) is 1.45. The molecule has 8 heavy (non-hydrogen) atoms. The summed E-state index contributed by atoms with van der Waals surface area (Å²) in [5, 5.41) is 0. The number of thioether (sulfide) groups is 3. The minimum absolute atomic E-state index is 0.581. The molecule has 0 aromatic heterocycles. The molecule has 1 heterocycles. The van der Waals surface area contributed by atoms with E-state index in [1.165, 1.54) is 5.75 Å². The predicted molar refractivity (Wildman–Crippen MR) is 50.1 cm³/mol. The van der Waals surface area contributed by atoms with Gasteiger partial charge in [0.05, 0.1) is 8.50 Å². The molecule has 0 aliphatic carbocycles. The topological polar surface area (TPSA) is 0 Å². The quantitative estimate of drug-likeness (QED) is 0.622. The summed E-state index contributed by atoms with van der Waals surface area (Å²) in [5.74, 6) is 1.21. The lowest BCUT2D eigenvalue weighted by Crippen LogP contribution is -1.85. The summed E-state index contributed by atoms with van der Waals surface area (Å²) in [6.45, 7) is 0. The van der Waals surface area contributed by atoms with Crippen LogP contribution in [0, 0.1) is 0 Å². The molecule has 2 atom stereocenters. The third kappa shape index (κ3) is 1.97. The Labute approximate surface area is 68.4 Å². The largest absolute Gasteiger partial charge is 0.164 e. The lowest BCUT2D eigenvalue weighted by Gasteiger charge is -2.00. The van der Waals surface area contributed by atoms with Crippen molar-refractivity contribution >= 4 is 47.9 Å². The van der Waals surface area contributed by atoms with Crippen molar-refractivity contribution in [2.45, 2.75) is 8.50 Å². The van der Waals surface area contributed by atoms with Crippen molar-refractivity contribution in [3.05, 3.63) is 0 Å². The third-order valence-corrected chi connectivity index (χ3v) is 6.37. The van der Waals surface area contributed by atoms with Crippen LogP contribution in [0.25, 0.3) is 0 Å². The molecule has 0 N–H and O–H groups in total. The Morgan fingerprint density at radius 2 is 2.50 bits per heavy atom. The van der Waals surface area contributed by atoms with Crippen LogP contribution in [-0.2, 0) is 0 Å². The van der Waals surface area contributed by atoms with E-state index < -0.39 is 0 Å². The monoisotopic (exact) mass is 184 g/mol. The second kappa shape index (κ2) is 3.54. The van der Waals surface area contributed by atoms with E-state index in [0.29, 0.717) is 4.58 Å². The van der Waals surface area contributed by atoms with Crippen molar-refractivity contribution in [3.63, 3.8) is 0 Å². The summed E-state index contributed by atoms with van der Waals surface area (Å²) in [4.78, 5) is 0. The molecule has 48 valence electrons. The molecule has 1 rings (SSSR count). The minimum Gasteiger partial charge on any atom is -0.164 e. The normalized spacial score (nSPS) is 38.2. The molecule has 1 aliphatic heterocycles. The van der Waals surface area contributed by atoms with Gasteiger partial charge in [-0.1, -0.05) is 0 Å². The molecule has 1 fully saturated rings. The summed E-state index contributed by atoms with van der Waals surface area (Å²) >= 11 is 10.2. The molecule has 0 aromatic rings. The minimum atomic E-state index is 0.581.